The van der Waals surface area contributed by atoms with Crippen molar-refractivity contribution in [1.82, 2.24) is 14.9 Å². The molecular formula is C25H32ClN3O2. The zero-order valence-corrected chi connectivity index (χ0v) is 19.6. The summed E-state index contributed by atoms with van der Waals surface area (Å²) in [4.78, 5) is 16.6. The van der Waals surface area contributed by atoms with Crippen LogP contribution in [0.3, 0.4) is 0 Å². The van der Waals surface area contributed by atoms with Crippen LogP contribution in [0.1, 0.15) is 43.6 Å². The lowest BCUT2D eigenvalue weighted by atomic mass is 10.1. The van der Waals surface area contributed by atoms with Crippen molar-refractivity contribution in [1.29, 1.82) is 0 Å². The van der Waals surface area contributed by atoms with Crippen molar-refractivity contribution < 1.29 is 9.53 Å². The largest absolute Gasteiger partial charge is 0.494 e. The lowest BCUT2D eigenvalue weighted by molar-refractivity contribution is -0.123. The molecule has 3 aromatic rings. The first-order valence-corrected chi connectivity index (χ1v) is 11.4. The van der Waals surface area contributed by atoms with Crippen LogP contribution in [-0.4, -0.2) is 28.6 Å². The third-order valence-corrected chi connectivity index (χ3v) is 5.96. The van der Waals surface area contributed by atoms with Gasteiger partial charge in [0.15, 0.2) is 0 Å². The van der Waals surface area contributed by atoms with Crippen LogP contribution in [0.25, 0.3) is 11.0 Å². The van der Waals surface area contributed by atoms with Gasteiger partial charge in [-0.25, -0.2) is 4.98 Å². The van der Waals surface area contributed by atoms with E-state index in [0.717, 1.165) is 58.1 Å². The van der Waals surface area contributed by atoms with Gasteiger partial charge in [-0.1, -0.05) is 37.6 Å². The highest BCUT2D eigenvalue weighted by atomic mass is 35.5. The van der Waals surface area contributed by atoms with Gasteiger partial charge in [0.25, 0.3) is 0 Å². The molecule has 3 rings (SSSR count). The summed E-state index contributed by atoms with van der Waals surface area (Å²) < 4.78 is 8.21. The number of imidazole rings is 1. The lowest BCUT2D eigenvalue weighted by Gasteiger charge is -2.12. The zero-order chi connectivity index (χ0) is 22.4. The molecule has 0 fully saturated rings. The van der Waals surface area contributed by atoms with Gasteiger partial charge in [-0.15, -0.1) is 0 Å². The lowest BCUT2D eigenvalue weighted by Crippen LogP contribution is -2.30. The molecule has 0 unspecified atom stereocenters. The van der Waals surface area contributed by atoms with E-state index in [9.17, 15) is 4.79 Å². The standard InChI is InChI=1S/C25H32ClN3O2/c1-17(2)25(30)27-12-11-23-28-21-9-5-6-10-22(21)29(23)13-7-8-14-31-20-15-18(3)24(26)19(4)16-20/h5-6,9-10,15-17H,7-8,11-14H2,1-4H3,(H,27,30). The third-order valence-electron chi connectivity index (χ3n) is 5.36. The highest BCUT2D eigenvalue weighted by Gasteiger charge is 2.12. The smallest absolute Gasteiger partial charge is 0.222 e. The van der Waals surface area contributed by atoms with Crippen molar-refractivity contribution in [3.8, 4) is 5.75 Å². The average molecular weight is 442 g/mol. The molecule has 1 aromatic heterocycles. The monoisotopic (exact) mass is 441 g/mol. The van der Waals surface area contributed by atoms with Crippen molar-refractivity contribution in [2.45, 2.75) is 53.5 Å². The summed E-state index contributed by atoms with van der Waals surface area (Å²) in [7, 11) is 0. The molecular weight excluding hydrogens is 410 g/mol. The maximum atomic E-state index is 11.9. The van der Waals surface area contributed by atoms with E-state index < -0.39 is 0 Å². The molecule has 0 aliphatic rings. The molecule has 0 radical (unpaired) electrons. The Morgan fingerprint density at radius 1 is 1.16 bits per heavy atom. The summed E-state index contributed by atoms with van der Waals surface area (Å²) >= 11 is 6.23. The van der Waals surface area contributed by atoms with E-state index >= 15 is 0 Å². The van der Waals surface area contributed by atoms with E-state index in [4.69, 9.17) is 21.3 Å². The number of benzene rings is 2. The summed E-state index contributed by atoms with van der Waals surface area (Å²) in [5.74, 6) is 1.95. The van der Waals surface area contributed by atoms with E-state index in [0.29, 0.717) is 19.6 Å². The van der Waals surface area contributed by atoms with Crippen molar-refractivity contribution in [2.24, 2.45) is 5.92 Å². The van der Waals surface area contributed by atoms with E-state index in [1.54, 1.807) is 0 Å². The van der Waals surface area contributed by atoms with Gasteiger partial charge < -0.3 is 14.6 Å². The predicted molar refractivity (Wildman–Crippen MR) is 127 cm³/mol. The Kier molecular flexibility index (Phi) is 7.97. The van der Waals surface area contributed by atoms with E-state index in [-0.39, 0.29) is 11.8 Å². The predicted octanol–water partition coefficient (Wildman–Crippen LogP) is 5.48. The number of hydrogen-bond acceptors (Lipinski definition) is 3. The number of nitrogens with zero attached hydrogens (tertiary/aromatic N) is 2. The molecule has 0 saturated carbocycles. The normalized spacial score (nSPS) is 11.3. The number of hydrogen-bond donors (Lipinski definition) is 1. The molecule has 5 nitrogen and oxygen atoms in total. The number of unbranched alkanes of at least 4 members (excludes halogenated alkanes) is 1. The number of aromatic nitrogens is 2. The molecule has 0 aliphatic carbocycles. The number of fused-ring (bicyclic) bond motifs is 1. The number of carbonyl (C=O) groups excluding carboxylic acids is 1. The average Bonchev–Trinajstić information content (AvgIpc) is 3.09. The maximum absolute atomic E-state index is 11.9. The van der Waals surface area contributed by atoms with Crippen LogP contribution in [0, 0.1) is 19.8 Å². The molecule has 31 heavy (non-hydrogen) atoms. The second-order valence-corrected chi connectivity index (χ2v) is 8.67. The Balaban J connectivity index is 1.57. The van der Waals surface area contributed by atoms with Gasteiger partial charge in [-0.2, -0.15) is 0 Å². The van der Waals surface area contributed by atoms with Crippen LogP contribution in [0.4, 0.5) is 0 Å². The number of para-hydroxylation sites is 2. The molecule has 0 bridgehead atoms. The highest BCUT2D eigenvalue weighted by Crippen LogP contribution is 2.26. The van der Waals surface area contributed by atoms with Crippen LogP contribution >= 0.6 is 11.6 Å². The zero-order valence-electron chi connectivity index (χ0n) is 18.9. The van der Waals surface area contributed by atoms with E-state index in [1.165, 1.54) is 0 Å². The Bertz CT molecular complexity index is 1020. The molecule has 0 aliphatic heterocycles. The first-order chi connectivity index (χ1) is 14.9. The molecule has 1 N–H and O–H groups in total. The summed E-state index contributed by atoms with van der Waals surface area (Å²) in [5.41, 5.74) is 4.21. The van der Waals surface area contributed by atoms with E-state index in [2.05, 4.69) is 16.0 Å². The van der Waals surface area contributed by atoms with Gasteiger partial charge in [-0.05, 0) is 62.1 Å². The van der Waals surface area contributed by atoms with Crippen molar-refractivity contribution in [2.75, 3.05) is 13.2 Å². The third kappa shape index (κ3) is 6.01. The molecule has 0 atom stereocenters. The first-order valence-electron chi connectivity index (χ1n) is 11.0. The van der Waals surface area contributed by atoms with Crippen LogP contribution < -0.4 is 10.1 Å². The Morgan fingerprint density at radius 3 is 2.58 bits per heavy atom. The molecule has 0 saturated heterocycles. The van der Waals surface area contributed by atoms with Crippen molar-refractivity contribution >= 4 is 28.5 Å². The minimum atomic E-state index is -0.00738. The van der Waals surface area contributed by atoms with Gasteiger partial charge in [0, 0.05) is 30.5 Å². The summed E-state index contributed by atoms with van der Waals surface area (Å²) in [6, 6.07) is 12.2. The number of halogens is 1. The second-order valence-electron chi connectivity index (χ2n) is 8.29. The SMILES string of the molecule is Cc1cc(OCCCCn2c(CCNC(=O)C(C)C)nc3ccccc32)cc(C)c1Cl. The van der Waals surface area contributed by atoms with Crippen LogP contribution in [0.2, 0.25) is 5.02 Å². The molecule has 2 aromatic carbocycles. The van der Waals surface area contributed by atoms with Gasteiger partial charge in [0.1, 0.15) is 11.6 Å². The highest BCUT2D eigenvalue weighted by molar-refractivity contribution is 6.32. The summed E-state index contributed by atoms with van der Waals surface area (Å²) in [6.45, 7) is 9.93. The minimum absolute atomic E-state index is 0.00738. The van der Waals surface area contributed by atoms with Crippen molar-refractivity contribution in [3.05, 3.63) is 58.4 Å². The summed E-state index contributed by atoms with van der Waals surface area (Å²) in [6.07, 6.45) is 2.64. The number of aryl methyl sites for hydroxylation is 3. The fourth-order valence-electron chi connectivity index (χ4n) is 3.62. The number of rotatable bonds is 10. The Hall–Kier alpha value is -2.53. The fraction of sp³-hybridized carbons (Fsp3) is 0.440. The van der Waals surface area contributed by atoms with E-state index in [1.807, 2.05) is 58.0 Å². The van der Waals surface area contributed by atoms with Crippen molar-refractivity contribution in [3.63, 3.8) is 0 Å². The second kappa shape index (κ2) is 10.7. The molecule has 0 spiro atoms. The number of amides is 1. The minimum Gasteiger partial charge on any atom is -0.494 e. The molecule has 1 heterocycles. The number of carbonyl (C=O) groups is 1. The van der Waals surface area contributed by atoms with Gasteiger partial charge in [0.2, 0.25) is 5.91 Å². The van der Waals surface area contributed by atoms with Gasteiger partial charge >= 0.3 is 0 Å². The molecule has 6 heteroatoms. The van der Waals surface area contributed by atoms with Gasteiger partial charge in [0.05, 0.1) is 17.6 Å². The maximum Gasteiger partial charge on any atom is 0.222 e. The number of nitrogens with one attached hydrogen (secondary N) is 1. The first kappa shape index (κ1) is 23.1. The molecule has 166 valence electrons. The van der Waals surface area contributed by atoms with Gasteiger partial charge in [-0.3, -0.25) is 4.79 Å². The quantitative estimate of drug-likeness (QED) is 0.424. The Morgan fingerprint density at radius 2 is 1.87 bits per heavy atom. The number of ether oxygens (including phenoxy) is 1. The topological polar surface area (TPSA) is 56.1 Å². The van der Waals surface area contributed by atoms with Crippen LogP contribution in [-0.2, 0) is 17.8 Å². The van der Waals surface area contributed by atoms with Crippen LogP contribution in [0.15, 0.2) is 36.4 Å². The summed E-state index contributed by atoms with van der Waals surface area (Å²) in [5, 5.41) is 3.79. The van der Waals surface area contributed by atoms with Crippen LogP contribution in [0.5, 0.6) is 5.75 Å². The fourth-order valence-corrected chi connectivity index (χ4v) is 3.73. The molecule has 1 amide bonds. The Labute approximate surface area is 189 Å².